The van der Waals surface area contributed by atoms with Crippen LogP contribution in [0.15, 0.2) is 0 Å². The van der Waals surface area contributed by atoms with Gasteiger partial charge in [0.2, 0.25) is 29.5 Å². The van der Waals surface area contributed by atoms with Gasteiger partial charge in [0.1, 0.15) is 257 Å². The summed E-state index contributed by atoms with van der Waals surface area (Å²) in [6, 6.07) is -9.80. The molecule has 11 fully saturated rings. The van der Waals surface area contributed by atoms with Crippen LogP contribution in [0.5, 0.6) is 0 Å². The van der Waals surface area contributed by atoms with E-state index in [-0.39, 0.29) is 0 Å². The molecule has 11 rings (SSSR count). The third-order valence-corrected chi connectivity index (χ3v) is 26.0. The van der Waals surface area contributed by atoms with Crippen LogP contribution in [0.4, 0.5) is 0 Å². The normalized spacial score (nSPS) is 48.0. The predicted molar refractivity (Wildman–Crippen MR) is 436 cm³/mol. The van der Waals surface area contributed by atoms with Crippen LogP contribution in [0, 0.1) is 0 Å². The molecule has 0 aromatic heterocycles. The van der Waals surface area contributed by atoms with Crippen LogP contribution in [-0.4, -0.2) is 603 Å². The number of carboxylic acid groups (broad SMARTS) is 1. The average Bonchev–Trinajstić information content (AvgIpc) is 0.782. The highest BCUT2D eigenvalue weighted by Crippen LogP contribution is 2.43. The molecule has 0 bridgehead atoms. The summed E-state index contributed by atoms with van der Waals surface area (Å²) in [5.74, 6) is -10.5. The van der Waals surface area contributed by atoms with Crippen molar-refractivity contribution in [2.75, 3.05) is 66.1 Å². The van der Waals surface area contributed by atoms with Gasteiger partial charge in [-0.3, -0.25) is 24.0 Å². The summed E-state index contributed by atoms with van der Waals surface area (Å²) >= 11 is 0. The molecule has 0 unspecified atom stereocenters. The van der Waals surface area contributed by atoms with Crippen LogP contribution in [-0.2, 0) is 128 Å². The zero-order valence-corrected chi connectivity index (χ0v) is 76.4. The Morgan fingerprint density at radius 3 is 1.16 bits per heavy atom. The number of rotatable bonds is 38. The lowest BCUT2D eigenvalue weighted by atomic mass is 9.88. The number of hydrogen-bond acceptors (Lipinski definition) is 57. The van der Waals surface area contributed by atoms with Crippen LogP contribution in [0.25, 0.3) is 0 Å². The summed E-state index contributed by atoms with van der Waals surface area (Å²) in [5, 5.41) is 359. The van der Waals surface area contributed by atoms with Gasteiger partial charge in [0.25, 0.3) is 5.79 Å². The fraction of sp³-hybridized carbons (Fsp3) is 0.924. The lowest BCUT2D eigenvalue weighted by molar-refractivity contribution is -0.399. The molecule has 820 valence electrons. The molecule has 36 N–H and O–H groups in total. The molecule has 0 saturated carbocycles. The van der Waals surface area contributed by atoms with E-state index in [1.807, 2.05) is 0 Å². The summed E-state index contributed by atoms with van der Waals surface area (Å²) in [4.78, 5) is 77.8. The Kier molecular flexibility index (Phi) is 41.7. The van der Waals surface area contributed by atoms with Crippen molar-refractivity contribution in [2.45, 2.75) is 391 Å². The second kappa shape index (κ2) is 50.6. The smallest absolute Gasteiger partial charge is 0.364 e. The van der Waals surface area contributed by atoms with Gasteiger partial charge in [-0.25, -0.2) is 4.79 Å². The van der Waals surface area contributed by atoms with Gasteiger partial charge in [-0.1, -0.05) is 0 Å². The zero-order chi connectivity index (χ0) is 105. The molecular weight excluding hydrogens is 1950 g/mol. The van der Waals surface area contributed by atoms with Crippen molar-refractivity contribution in [3.8, 4) is 0 Å². The van der Waals surface area contributed by atoms with Gasteiger partial charge < -0.3 is 284 Å². The molecule has 0 radical (unpaired) electrons. The van der Waals surface area contributed by atoms with Gasteiger partial charge in [-0.15, -0.1) is 0 Å². The molecule has 142 heavy (non-hydrogen) atoms. The monoisotopic (exact) mass is 2080 g/mol. The third-order valence-electron chi connectivity index (χ3n) is 26.0. The van der Waals surface area contributed by atoms with Gasteiger partial charge >= 0.3 is 5.97 Å². The Morgan fingerprint density at radius 2 is 0.669 bits per heavy atom. The molecule has 0 aromatic rings. The first kappa shape index (κ1) is 117. The van der Waals surface area contributed by atoms with Crippen LogP contribution < -0.4 is 26.6 Å². The third kappa shape index (κ3) is 26.0. The first-order valence-corrected chi connectivity index (χ1v) is 45.2. The highest BCUT2D eigenvalue weighted by molar-refractivity contribution is 5.78. The average molecular weight is 2080 g/mol. The van der Waals surface area contributed by atoms with E-state index in [4.69, 9.17) is 99.5 Å². The number of aliphatic hydroxyl groups is 30. The molecule has 11 aliphatic rings. The number of carbonyl (C=O) groups excluding carboxylic acids is 5. The van der Waals surface area contributed by atoms with E-state index in [1.54, 1.807) is 0 Å². The molecule has 56 atom stereocenters. The lowest BCUT2D eigenvalue weighted by Gasteiger charge is -2.51. The van der Waals surface area contributed by atoms with E-state index in [0.717, 1.165) is 27.7 Å². The molecule has 11 heterocycles. The lowest BCUT2D eigenvalue weighted by Crippen LogP contribution is -2.71. The largest absolute Gasteiger partial charge is 0.477 e. The van der Waals surface area contributed by atoms with Crippen LogP contribution in [0.1, 0.15) is 48.0 Å². The topological polar surface area (TPSA) is 984 Å². The minimum Gasteiger partial charge on any atom is -0.477 e. The van der Waals surface area contributed by atoms with Gasteiger partial charge in [-0.2, -0.15) is 0 Å². The number of aliphatic carboxylic acids is 1. The number of hydrogen-bond donors (Lipinski definition) is 36. The second-order valence-corrected chi connectivity index (χ2v) is 36.0. The van der Waals surface area contributed by atoms with Crippen molar-refractivity contribution in [3.63, 3.8) is 0 Å². The van der Waals surface area contributed by atoms with E-state index in [2.05, 4.69) is 26.6 Å². The van der Waals surface area contributed by atoms with Crippen molar-refractivity contribution in [3.05, 3.63) is 0 Å². The predicted octanol–water partition coefficient (Wildman–Crippen LogP) is -24.0. The maximum Gasteiger partial charge on any atom is 0.364 e. The van der Waals surface area contributed by atoms with Crippen LogP contribution >= 0.6 is 0 Å². The Balaban J connectivity index is 0.912. The number of carbonyl (C=O) groups is 6. The molecule has 11 aliphatic heterocycles. The Hall–Kier alpha value is -5.22. The maximum absolute atomic E-state index is 13.4. The maximum atomic E-state index is 13.4. The Bertz CT molecular complexity index is 4010. The quantitative estimate of drug-likeness (QED) is 0.0273. The van der Waals surface area contributed by atoms with Crippen molar-refractivity contribution in [1.82, 2.24) is 26.6 Å². The van der Waals surface area contributed by atoms with Gasteiger partial charge in [0.15, 0.2) is 62.9 Å². The van der Waals surface area contributed by atoms with E-state index in [0.29, 0.717) is 0 Å². The molecule has 5 amide bonds. The summed E-state index contributed by atoms with van der Waals surface area (Å²) in [6.07, 6.45) is -109. The summed E-state index contributed by atoms with van der Waals surface area (Å²) in [7, 11) is 0. The van der Waals surface area contributed by atoms with Gasteiger partial charge in [0.05, 0.1) is 83.8 Å². The highest BCUT2D eigenvalue weighted by Gasteiger charge is 2.64. The number of ether oxygens (including phenoxy) is 21. The van der Waals surface area contributed by atoms with E-state index in [1.165, 1.54) is 13.8 Å². The number of nitrogens with one attached hydrogen (secondary N) is 5. The first-order chi connectivity index (χ1) is 66.9. The molecule has 0 aromatic carbocycles. The minimum atomic E-state index is -3.19. The number of aliphatic hydroxyl groups excluding tert-OH is 30. The van der Waals surface area contributed by atoms with Crippen molar-refractivity contribution in [2.24, 2.45) is 0 Å². The number of carboxylic acids is 1. The fourth-order valence-electron chi connectivity index (χ4n) is 18.2. The van der Waals surface area contributed by atoms with E-state index < -0.39 is 451 Å². The molecular formula is C79H131N5O58. The zero-order valence-electron chi connectivity index (χ0n) is 76.4. The SMILES string of the molecule is CC(=O)N[C@@H]1[C@@H](O)[C@H](O[C@@H]2O[C@H](CO)[C@@H](O[C@@H]3O[C@H](CO[C@H]4O[C@H](CO)[C@@H](O)[C@H](O)[C@@H]4O[C@@H]4O[C@H](CO)[C@@H](O)[C@H](O[C@@H]5O[C@@H](C)[C@@H](O)[C@@H](O)[C@@H]5O)[C@H]4NC(C)=O)[C@@H](O)[C@H](O[C@H]4O[C@H](CO)[C@@H](O)[C@H](O)[C@@H]4O[C@@H]4O[C@H](CO)[C@@H](O[C@@H]5O[C@H](CO[C@]6(C(=O)O)C[C@H](O)[C@@H](NC(=O)CO)[C@H]([C@H](O)[C@H](O)CO)O6)[C@H](O)[C@H](O)[C@H]5O)[C@H](O)[C@H]4NC(C)=O)[C@@H]3O)[C@H](O)[C@H]2NC(C)=O)[C@@H](CO[C@@H]2O[C@@H](C)[C@@H](O)[C@@H](O)[C@@H]2O)O[C@H]1O. The Labute approximate surface area is 803 Å². The van der Waals surface area contributed by atoms with Crippen molar-refractivity contribution in [1.29, 1.82) is 0 Å². The summed E-state index contributed by atoms with van der Waals surface area (Å²) in [5.41, 5.74) is 0. The standard InChI is InChI=1S/C79H131N5O58/c1-18-40(99)51(110)56(115)72(125-18)122-16-33-62(48(107)36(68(119)127-33)80-20(3)92)135-69-37(81-21(4)93)49(108)61(30(13-90)131-69)137-75-59(118)65(47(106)31(133-75)15-123-76-66(54(113)43(102)26(9-86)129-76)140-71-39(83-23(6)95)63(46(105)28(11-88)128-71)138-73-57(116)52(111)41(100)19(2)126-73)139-77-67(55(114)44(103)27(10-87)130-77)141-70-38(82-22(5)94)50(109)60(29(12-89)132-70)136-74-58(117)53(112)45(104)32(134-74)17-124-79(78(120)121)7-24(96)35(84-34(98)14-91)64(142-79)42(101)25(97)8-85/h18-19,24-33,35-77,85-91,96-97,99-119H,7-17H2,1-6H3,(H,80,92)(H,81,93)(H,82,94)(H,83,95)(H,84,98)(H,120,121)/t18-,19-,24-,25+,26+,27+,28+,29+,30+,31+,32+,33+,35+,36+,37+,38+,39+,40+,41+,42+,43+,44+,45-,46+,47+,48+,49+,50+,51+,52+,53-,54-,55-,56-,57-,58+,59-,60+,61+,62+,63+,64+,65-,66-,67-,68+,69-,70-,71-,72+,73-,74-,75-,76-,77+,79+/m0/s1. The summed E-state index contributed by atoms with van der Waals surface area (Å²) < 4.78 is 125. The van der Waals surface area contributed by atoms with Crippen molar-refractivity contribution < 1.29 is 287 Å². The van der Waals surface area contributed by atoms with E-state index >= 15 is 0 Å². The Morgan fingerprint density at radius 1 is 0.317 bits per heavy atom. The molecule has 0 aliphatic carbocycles. The summed E-state index contributed by atoms with van der Waals surface area (Å²) in [6.45, 7) is -5.97. The molecule has 63 heteroatoms. The van der Waals surface area contributed by atoms with Crippen LogP contribution in [0.3, 0.4) is 0 Å². The first-order valence-electron chi connectivity index (χ1n) is 45.2. The van der Waals surface area contributed by atoms with Gasteiger partial charge in [-0.05, 0) is 13.8 Å². The minimum absolute atomic E-state index is 0.844. The fourth-order valence-corrected chi connectivity index (χ4v) is 18.2. The van der Waals surface area contributed by atoms with Crippen LogP contribution in [0.2, 0.25) is 0 Å². The van der Waals surface area contributed by atoms with Gasteiger partial charge in [0, 0.05) is 34.1 Å². The van der Waals surface area contributed by atoms with E-state index in [9.17, 15) is 187 Å². The second-order valence-electron chi connectivity index (χ2n) is 36.0. The molecule has 63 nitrogen and oxygen atoms in total. The molecule has 11 saturated heterocycles. The highest BCUT2D eigenvalue weighted by atomic mass is 16.8. The number of amides is 5. The van der Waals surface area contributed by atoms with Crippen molar-refractivity contribution >= 4 is 35.5 Å². The molecule has 0 spiro atoms.